The molecule has 0 aliphatic carbocycles. The molecule has 1 aromatic heterocycles. The minimum atomic E-state index is -0.809. The Kier molecular flexibility index (Phi) is 3.57. The molecule has 120 valence electrons. The van der Waals surface area contributed by atoms with E-state index in [1.165, 1.54) is 0 Å². The van der Waals surface area contributed by atoms with Crippen LogP contribution in [0.15, 0.2) is 61.1 Å². The van der Waals surface area contributed by atoms with Gasteiger partial charge in [0.05, 0.1) is 48.1 Å². The quantitative estimate of drug-likeness (QED) is 0.725. The lowest BCUT2D eigenvalue weighted by Crippen LogP contribution is -2.40. The minimum absolute atomic E-state index is 0.545. The summed E-state index contributed by atoms with van der Waals surface area (Å²) in [6.45, 7) is 1.28. The maximum absolute atomic E-state index is 9.08. The molecule has 0 spiro atoms. The van der Waals surface area contributed by atoms with E-state index in [4.69, 9.17) is 15.3 Å². The average Bonchev–Trinajstić information content (AvgIpc) is 3.17. The summed E-state index contributed by atoms with van der Waals surface area (Å²) >= 11 is 0. The Morgan fingerprint density at radius 2 is 1.48 bits per heavy atom. The molecule has 0 bridgehead atoms. The highest BCUT2D eigenvalue weighted by Crippen LogP contribution is 2.42. The fourth-order valence-corrected chi connectivity index (χ4v) is 3.35. The van der Waals surface area contributed by atoms with E-state index in [1.807, 2.05) is 30.5 Å². The second-order valence-electron chi connectivity index (χ2n) is 5.88. The van der Waals surface area contributed by atoms with Crippen LogP contribution in [0, 0.1) is 22.7 Å². The molecule has 1 aliphatic rings. The van der Waals surface area contributed by atoms with Crippen LogP contribution in [0.2, 0.25) is 0 Å². The van der Waals surface area contributed by atoms with Crippen molar-refractivity contribution in [1.29, 1.82) is 10.5 Å². The smallest absolute Gasteiger partial charge is 0.160 e. The molecule has 0 atom stereocenters. The summed E-state index contributed by atoms with van der Waals surface area (Å²) < 4.78 is 8.43. The molecule has 2 aromatic carbocycles. The highest BCUT2D eigenvalue weighted by atomic mass is 16.5. The number of hydrogen-bond donors (Lipinski definition) is 0. The highest BCUT2D eigenvalue weighted by molar-refractivity contribution is 5.48. The Bertz CT molecular complexity index is 930. The van der Waals surface area contributed by atoms with E-state index in [0.717, 1.165) is 23.4 Å². The van der Waals surface area contributed by atoms with Gasteiger partial charge in [-0.1, -0.05) is 24.3 Å². The maximum Gasteiger partial charge on any atom is 0.160 e. The van der Waals surface area contributed by atoms with E-state index in [0.29, 0.717) is 17.7 Å². The van der Waals surface area contributed by atoms with Crippen molar-refractivity contribution < 1.29 is 4.74 Å². The molecule has 0 radical (unpaired) electrons. The van der Waals surface area contributed by atoms with E-state index < -0.39 is 5.60 Å². The van der Waals surface area contributed by atoms with E-state index >= 15 is 0 Å². The summed E-state index contributed by atoms with van der Waals surface area (Å²) in [5.41, 5.74) is 3.19. The number of ether oxygens (including phenoxy) is 1. The third-order valence-corrected chi connectivity index (χ3v) is 4.56. The molecular weight excluding hydrogens is 312 g/mol. The molecule has 25 heavy (non-hydrogen) atoms. The second kappa shape index (κ2) is 5.90. The predicted octanol–water partition coefficient (Wildman–Crippen LogP) is 2.95. The van der Waals surface area contributed by atoms with Gasteiger partial charge in [0.15, 0.2) is 5.60 Å². The zero-order chi connectivity index (χ0) is 17.3. The fourth-order valence-electron chi connectivity index (χ4n) is 3.35. The zero-order valence-electron chi connectivity index (χ0n) is 13.4. The topological polar surface area (TPSA) is 74.6 Å². The van der Waals surface area contributed by atoms with Gasteiger partial charge in [0.2, 0.25) is 0 Å². The normalized spacial score (nSPS) is 15.0. The van der Waals surface area contributed by atoms with Crippen molar-refractivity contribution in [2.24, 2.45) is 0 Å². The van der Waals surface area contributed by atoms with Gasteiger partial charge in [-0.05, 0) is 35.4 Å². The molecule has 0 saturated carbocycles. The summed E-state index contributed by atoms with van der Waals surface area (Å²) in [5.74, 6) is 0. The van der Waals surface area contributed by atoms with Crippen molar-refractivity contribution >= 4 is 0 Å². The number of hydrogen-bond acceptors (Lipinski definition) is 4. The first-order valence-electron chi connectivity index (χ1n) is 7.94. The maximum atomic E-state index is 9.08. The molecule has 0 fully saturated rings. The van der Waals surface area contributed by atoms with Crippen LogP contribution in [0.25, 0.3) is 0 Å². The molecule has 0 N–H and O–H groups in total. The fraction of sp³-hybridized carbons (Fsp3) is 0.150. The molecule has 5 nitrogen and oxygen atoms in total. The summed E-state index contributed by atoms with van der Waals surface area (Å²) in [6, 6.07) is 19.1. The van der Waals surface area contributed by atoms with Crippen LogP contribution >= 0.6 is 0 Å². The van der Waals surface area contributed by atoms with Crippen LogP contribution in [0.1, 0.15) is 27.9 Å². The third-order valence-electron chi connectivity index (χ3n) is 4.56. The standard InChI is InChI=1S/C20H14N4O/c21-11-15-1-5-17(6-2-15)20(18-7-3-16(12-22)4-8-18)19-13-23-14-24(19)9-10-25-20/h1-8,13-14H,9-10H2. The van der Waals surface area contributed by atoms with Crippen molar-refractivity contribution in [3.63, 3.8) is 0 Å². The number of benzene rings is 2. The van der Waals surface area contributed by atoms with Crippen LogP contribution in [-0.2, 0) is 16.9 Å². The Labute approximate surface area is 145 Å². The van der Waals surface area contributed by atoms with E-state index in [1.54, 1.807) is 30.6 Å². The van der Waals surface area contributed by atoms with Gasteiger partial charge in [-0.25, -0.2) is 4.98 Å². The van der Waals surface area contributed by atoms with Gasteiger partial charge in [0.25, 0.3) is 0 Å². The van der Waals surface area contributed by atoms with Crippen LogP contribution in [-0.4, -0.2) is 16.2 Å². The Hall–Kier alpha value is -3.41. The van der Waals surface area contributed by atoms with Gasteiger partial charge in [-0.2, -0.15) is 10.5 Å². The predicted molar refractivity (Wildman–Crippen MR) is 90.4 cm³/mol. The van der Waals surface area contributed by atoms with Crippen LogP contribution in [0.3, 0.4) is 0 Å². The minimum Gasteiger partial charge on any atom is -0.357 e. The third kappa shape index (κ3) is 2.30. The molecular formula is C20H14N4O. The van der Waals surface area contributed by atoms with Crippen LogP contribution in [0.4, 0.5) is 0 Å². The van der Waals surface area contributed by atoms with Gasteiger partial charge < -0.3 is 9.30 Å². The van der Waals surface area contributed by atoms with Crippen LogP contribution < -0.4 is 0 Å². The molecule has 0 amide bonds. The second-order valence-corrected chi connectivity index (χ2v) is 5.88. The van der Waals surface area contributed by atoms with E-state index in [2.05, 4.69) is 21.7 Å². The summed E-state index contributed by atoms with van der Waals surface area (Å²) in [7, 11) is 0. The zero-order valence-corrected chi connectivity index (χ0v) is 13.4. The van der Waals surface area contributed by atoms with Gasteiger partial charge in [0, 0.05) is 6.54 Å². The van der Waals surface area contributed by atoms with Crippen molar-refractivity contribution in [2.75, 3.05) is 6.61 Å². The van der Waals surface area contributed by atoms with Crippen molar-refractivity contribution in [3.8, 4) is 12.1 Å². The summed E-state index contributed by atoms with van der Waals surface area (Å²) in [4.78, 5) is 4.30. The number of nitriles is 2. The monoisotopic (exact) mass is 326 g/mol. The number of nitrogens with zero attached hydrogens (tertiary/aromatic N) is 4. The summed E-state index contributed by atoms with van der Waals surface area (Å²) in [6.07, 6.45) is 3.62. The first-order valence-corrected chi connectivity index (χ1v) is 7.94. The van der Waals surface area contributed by atoms with Crippen LogP contribution in [0.5, 0.6) is 0 Å². The van der Waals surface area contributed by atoms with Crippen molar-refractivity contribution in [3.05, 3.63) is 89.0 Å². The van der Waals surface area contributed by atoms with E-state index in [9.17, 15) is 0 Å². The first kappa shape index (κ1) is 15.1. The van der Waals surface area contributed by atoms with E-state index in [-0.39, 0.29) is 0 Å². The molecule has 0 saturated heterocycles. The van der Waals surface area contributed by atoms with Gasteiger partial charge in [-0.3, -0.25) is 0 Å². The molecule has 3 aromatic rings. The van der Waals surface area contributed by atoms with Gasteiger partial charge in [-0.15, -0.1) is 0 Å². The van der Waals surface area contributed by atoms with Crippen molar-refractivity contribution in [2.45, 2.75) is 12.1 Å². The Morgan fingerprint density at radius 1 is 0.920 bits per heavy atom. The summed E-state index contributed by atoms with van der Waals surface area (Å²) in [5, 5.41) is 18.2. The van der Waals surface area contributed by atoms with Gasteiger partial charge >= 0.3 is 0 Å². The number of fused-ring (bicyclic) bond motifs is 1. The Morgan fingerprint density at radius 3 is 2.00 bits per heavy atom. The molecule has 1 aliphatic heterocycles. The lowest BCUT2D eigenvalue weighted by atomic mass is 9.82. The molecule has 2 heterocycles. The lowest BCUT2D eigenvalue weighted by molar-refractivity contribution is -0.0176. The number of imidazole rings is 1. The Balaban J connectivity index is 1.96. The molecule has 5 heteroatoms. The molecule has 0 unspecified atom stereocenters. The van der Waals surface area contributed by atoms with Gasteiger partial charge in [0.1, 0.15) is 0 Å². The van der Waals surface area contributed by atoms with Crippen molar-refractivity contribution in [1.82, 2.24) is 9.55 Å². The lowest BCUT2D eigenvalue weighted by Gasteiger charge is -2.39. The number of rotatable bonds is 2. The SMILES string of the molecule is N#Cc1ccc(C2(c3ccc(C#N)cc3)OCCn3cncc32)cc1. The first-order chi connectivity index (χ1) is 12.3. The number of aromatic nitrogens is 2. The highest BCUT2D eigenvalue weighted by Gasteiger charge is 2.42. The molecule has 4 rings (SSSR count). The largest absolute Gasteiger partial charge is 0.357 e. The average molecular weight is 326 g/mol.